The van der Waals surface area contributed by atoms with Crippen LogP contribution in [0.2, 0.25) is 0 Å². The number of rotatable bonds is 4. The van der Waals surface area contributed by atoms with Crippen molar-refractivity contribution < 1.29 is 4.74 Å². The summed E-state index contributed by atoms with van der Waals surface area (Å²) in [7, 11) is 3.64. The molecule has 0 saturated heterocycles. The highest BCUT2D eigenvalue weighted by atomic mass is 16.5. The smallest absolute Gasteiger partial charge is 0.122 e. The molecule has 0 heterocycles. The van der Waals surface area contributed by atoms with E-state index in [-0.39, 0.29) is 11.5 Å². The van der Waals surface area contributed by atoms with Crippen molar-refractivity contribution in [2.75, 3.05) is 14.2 Å². The minimum Gasteiger partial charge on any atom is -0.496 e. The second-order valence-electron chi connectivity index (χ2n) is 5.52. The molecule has 1 aliphatic rings. The third-order valence-corrected chi connectivity index (χ3v) is 4.40. The summed E-state index contributed by atoms with van der Waals surface area (Å²) in [6.45, 7) is 4.14. The largest absolute Gasteiger partial charge is 0.496 e. The summed E-state index contributed by atoms with van der Waals surface area (Å²) < 4.78 is 5.36. The average Bonchev–Trinajstić information content (AvgIpc) is 2.36. The van der Waals surface area contributed by atoms with Crippen LogP contribution in [0.15, 0.2) is 12.1 Å². The van der Waals surface area contributed by atoms with Gasteiger partial charge in [-0.1, -0.05) is 12.5 Å². The molecule has 102 valence electrons. The Bertz CT molecular complexity index is 512. The minimum absolute atomic E-state index is 0.107. The van der Waals surface area contributed by atoms with E-state index in [0.717, 1.165) is 30.6 Å². The molecule has 1 N–H and O–H groups in total. The van der Waals surface area contributed by atoms with Crippen molar-refractivity contribution in [3.05, 3.63) is 28.8 Å². The lowest BCUT2D eigenvalue weighted by Crippen LogP contribution is -2.41. The van der Waals surface area contributed by atoms with E-state index >= 15 is 0 Å². The van der Waals surface area contributed by atoms with Crippen LogP contribution >= 0.6 is 0 Å². The Morgan fingerprint density at radius 2 is 2.00 bits per heavy atom. The molecule has 19 heavy (non-hydrogen) atoms. The second-order valence-corrected chi connectivity index (χ2v) is 5.52. The molecule has 0 radical (unpaired) electrons. The van der Waals surface area contributed by atoms with E-state index in [2.05, 4.69) is 30.4 Å². The summed E-state index contributed by atoms with van der Waals surface area (Å²) in [6.07, 6.45) is 3.12. The van der Waals surface area contributed by atoms with Crippen LogP contribution in [0.3, 0.4) is 0 Å². The SMILES string of the molecule is CNC(c1cc(C)c(OC)cc1C)C1(C#N)CCC1. The Kier molecular flexibility index (Phi) is 3.82. The van der Waals surface area contributed by atoms with E-state index in [1.165, 1.54) is 11.1 Å². The van der Waals surface area contributed by atoms with Gasteiger partial charge in [-0.3, -0.25) is 0 Å². The number of benzene rings is 1. The monoisotopic (exact) mass is 258 g/mol. The molecule has 1 saturated carbocycles. The quantitative estimate of drug-likeness (QED) is 0.901. The normalized spacial score (nSPS) is 18.3. The Labute approximate surface area is 115 Å². The van der Waals surface area contributed by atoms with Gasteiger partial charge in [-0.15, -0.1) is 0 Å². The zero-order valence-electron chi connectivity index (χ0n) is 12.2. The maximum atomic E-state index is 9.55. The lowest BCUT2D eigenvalue weighted by molar-refractivity contribution is 0.148. The highest BCUT2D eigenvalue weighted by Crippen LogP contribution is 2.50. The molecule has 1 aromatic carbocycles. The molecule has 1 atom stereocenters. The van der Waals surface area contributed by atoms with E-state index in [1.54, 1.807) is 7.11 Å². The van der Waals surface area contributed by atoms with Gasteiger partial charge >= 0.3 is 0 Å². The van der Waals surface area contributed by atoms with Gasteiger partial charge in [0.2, 0.25) is 0 Å². The summed E-state index contributed by atoms with van der Waals surface area (Å²) in [5.41, 5.74) is 3.29. The van der Waals surface area contributed by atoms with Crippen LogP contribution < -0.4 is 10.1 Å². The summed E-state index contributed by atoms with van der Waals surface area (Å²) >= 11 is 0. The first-order chi connectivity index (χ1) is 9.07. The number of nitrogens with zero attached hydrogens (tertiary/aromatic N) is 1. The molecule has 1 fully saturated rings. The van der Waals surface area contributed by atoms with Crippen molar-refractivity contribution in [2.24, 2.45) is 5.41 Å². The van der Waals surface area contributed by atoms with E-state index in [9.17, 15) is 5.26 Å². The highest BCUT2D eigenvalue weighted by Gasteiger charge is 2.45. The molecule has 0 aliphatic heterocycles. The Hall–Kier alpha value is -1.53. The molecule has 0 bridgehead atoms. The zero-order chi connectivity index (χ0) is 14.0. The van der Waals surface area contributed by atoms with Crippen LogP contribution in [0.25, 0.3) is 0 Å². The number of methoxy groups -OCH3 is 1. The maximum absolute atomic E-state index is 9.55. The standard InChI is InChI=1S/C16H22N2O/c1-11-9-14(19-4)12(2)8-13(11)15(18-3)16(10-17)6-5-7-16/h8-9,15,18H,5-7H2,1-4H3. The first-order valence-electron chi connectivity index (χ1n) is 6.81. The fraction of sp³-hybridized carbons (Fsp3) is 0.562. The topological polar surface area (TPSA) is 45.0 Å². The van der Waals surface area contributed by atoms with Gasteiger partial charge in [0.05, 0.1) is 24.6 Å². The van der Waals surface area contributed by atoms with Crippen LogP contribution in [0, 0.1) is 30.6 Å². The molecule has 1 unspecified atom stereocenters. The van der Waals surface area contributed by atoms with Gasteiger partial charge in [-0.05, 0) is 56.5 Å². The molecule has 2 rings (SSSR count). The van der Waals surface area contributed by atoms with Crippen LogP contribution in [-0.2, 0) is 0 Å². The van der Waals surface area contributed by atoms with Gasteiger partial charge in [-0.2, -0.15) is 5.26 Å². The van der Waals surface area contributed by atoms with E-state index < -0.39 is 0 Å². The van der Waals surface area contributed by atoms with Crippen molar-refractivity contribution in [1.82, 2.24) is 5.32 Å². The van der Waals surface area contributed by atoms with Gasteiger partial charge in [0.1, 0.15) is 5.75 Å². The number of ether oxygens (including phenoxy) is 1. The Morgan fingerprint density at radius 3 is 2.42 bits per heavy atom. The molecule has 3 nitrogen and oxygen atoms in total. The van der Waals surface area contributed by atoms with Crippen LogP contribution in [0.1, 0.15) is 42.0 Å². The molecule has 1 aromatic rings. The van der Waals surface area contributed by atoms with Crippen molar-refractivity contribution in [2.45, 2.75) is 39.2 Å². The van der Waals surface area contributed by atoms with Crippen molar-refractivity contribution in [1.29, 1.82) is 5.26 Å². The fourth-order valence-electron chi connectivity index (χ4n) is 3.10. The first kappa shape index (κ1) is 13.9. The lowest BCUT2D eigenvalue weighted by Gasteiger charge is -2.42. The average molecular weight is 258 g/mol. The van der Waals surface area contributed by atoms with E-state index in [0.29, 0.717) is 0 Å². The predicted molar refractivity (Wildman–Crippen MR) is 76.2 cm³/mol. The first-order valence-corrected chi connectivity index (χ1v) is 6.81. The van der Waals surface area contributed by atoms with Crippen LogP contribution in [-0.4, -0.2) is 14.2 Å². The minimum atomic E-state index is -0.236. The summed E-state index contributed by atoms with van der Waals surface area (Å²) in [5.74, 6) is 0.913. The Morgan fingerprint density at radius 1 is 1.32 bits per heavy atom. The van der Waals surface area contributed by atoms with Crippen LogP contribution in [0.5, 0.6) is 5.75 Å². The van der Waals surface area contributed by atoms with Gasteiger partial charge in [0.15, 0.2) is 0 Å². The van der Waals surface area contributed by atoms with Gasteiger partial charge < -0.3 is 10.1 Å². The predicted octanol–water partition coefficient (Wildman–Crippen LogP) is 3.27. The highest BCUT2D eigenvalue weighted by molar-refractivity contribution is 5.44. The van der Waals surface area contributed by atoms with Crippen molar-refractivity contribution in [3.63, 3.8) is 0 Å². The molecular formula is C16H22N2O. The Balaban J connectivity index is 2.45. The second kappa shape index (κ2) is 5.22. The number of hydrogen-bond donors (Lipinski definition) is 1. The number of nitrogens with one attached hydrogen (secondary N) is 1. The van der Waals surface area contributed by atoms with Crippen LogP contribution in [0.4, 0.5) is 0 Å². The lowest BCUT2D eigenvalue weighted by atomic mass is 9.63. The van der Waals surface area contributed by atoms with Crippen molar-refractivity contribution >= 4 is 0 Å². The van der Waals surface area contributed by atoms with E-state index in [4.69, 9.17) is 4.74 Å². The molecule has 1 aliphatic carbocycles. The molecular weight excluding hydrogens is 236 g/mol. The molecule has 0 aromatic heterocycles. The molecule has 3 heteroatoms. The maximum Gasteiger partial charge on any atom is 0.122 e. The third kappa shape index (κ3) is 2.21. The summed E-state index contributed by atoms with van der Waals surface area (Å²) in [6, 6.07) is 6.88. The van der Waals surface area contributed by atoms with Crippen molar-refractivity contribution in [3.8, 4) is 11.8 Å². The van der Waals surface area contributed by atoms with Gasteiger partial charge in [0.25, 0.3) is 0 Å². The number of aryl methyl sites for hydroxylation is 2. The fourth-order valence-corrected chi connectivity index (χ4v) is 3.10. The molecule has 0 amide bonds. The van der Waals surface area contributed by atoms with Gasteiger partial charge in [-0.25, -0.2) is 0 Å². The van der Waals surface area contributed by atoms with Gasteiger partial charge in [0, 0.05) is 0 Å². The molecule has 0 spiro atoms. The zero-order valence-corrected chi connectivity index (χ0v) is 12.2. The number of nitriles is 1. The third-order valence-electron chi connectivity index (χ3n) is 4.40. The number of hydrogen-bond acceptors (Lipinski definition) is 3. The van der Waals surface area contributed by atoms with E-state index in [1.807, 2.05) is 14.0 Å². The summed E-state index contributed by atoms with van der Waals surface area (Å²) in [4.78, 5) is 0. The summed E-state index contributed by atoms with van der Waals surface area (Å²) in [5, 5.41) is 12.9.